The Morgan fingerprint density at radius 1 is 1.07 bits per heavy atom. The third-order valence-corrected chi connectivity index (χ3v) is 4.68. The number of oxime groups is 1. The van der Waals surface area contributed by atoms with Gasteiger partial charge < -0.3 is 14.2 Å². The van der Waals surface area contributed by atoms with E-state index in [0.29, 0.717) is 11.3 Å². The van der Waals surface area contributed by atoms with Crippen molar-refractivity contribution in [3.05, 3.63) is 95.2 Å². The molecule has 4 rings (SSSR count). The van der Waals surface area contributed by atoms with Crippen LogP contribution in [0.15, 0.2) is 70.4 Å². The highest BCUT2D eigenvalue weighted by atomic mass is 19.1. The summed E-state index contributed by atoms with van der Waals surface area (Å²) in [6.07, 6.45) is 1.07. The molecule has 0 saturated heterocycles. The zero-order valence-corrected chi connectivity index (χ0v) is 15.7. The molecule has 1 aromatic heterocycles. The molecule has 1 aliphatic rings. The van der Waals surface area contributed by atoms with Gasteiger partial charge in [-0.05, 0) is 42.0 Å². The standard InChI is InChI=1S/C22H17F3N2O3/c23-15-4-1-3-14(9-15)12-27(22(28)21-5-2-8-29-21)13-17-11-20(26-30-17)18-7-6-16(24)10-19(18)25/h1-10,17H,11-13H2. The van der Waals surface area contributed by atoms with Gasteiger partial charge in [-0.2, -0.15) is 0 Å². The van der Waals surface area contributed by atoms with Crippen molar-refractivity contribution < 1.29 is 27.2 Å². The number of carbonyl (C=O) groups excluding carboxylic acids is 1. The zero-order chi connectivity index (χ0) is 21.1. The lowest BCUT2D eigenvalue weighted by Crippen LogP contribution is -2.37. The maximum Gasteiger partial charge on any atom is 0.289 e. The molecule has 8 heteroatoms. The lowest BCUT2D eigenvalue weighted by Gasteiger charge is -2.24. The van der Waals surface area contributed by atoms with Gasteiger partial charge in [0.05, 0.1) is 18.5 Å². The summed E-state index contributed by atoms with van der Waals surface area (Å²) in [5.74, 6) is -2.09. The summed E-state index contributed by atoms with van der Waals surface area (Å²) < 4.78 is 46.0. The van der Waals surface area contributed by atoms with Crippen LogP contribution >= 0.6 is 0 Å². The molecule has 1 aliphatic heterocycles. The quantitative estimate of drug-likeness (QED) is 0.596. The number of benzene rings is 2. The molecule has 0 fully saturated rings. The second-order valence-corrected chi connectivity index (χ2v) is 6.89. The number of amides is 1. The van der Waals surface area contributed by atoms with Crippen molar-refractivity contribution in [3.63, 3.8) is 0 Å². The van der Waals surface area contributed by atoms with Crippen molar-refractivity contribution in [2.24, 2.45) is 5.16 Å². The van der Waals surface area contributed by atoms with Gasteiger partial charge in [-0.3, -0.25) is 4.79 Å². The average Bonchev–Trinajstić information content (AvgIpc) is 3.39. The van der Waals surface area contributed by atoms with Crippen LogP contribution in [0.2, 0.25) is 0 Å². The molecule has 1 unspecified atom stereocenters. The number of rotatable bonds is 6. The molecule has 0 aliphatic carbocycles. The Balaban J connectivity index is 1.50. The summed E-state index contributed by atoms with van der Waals surface area (Å²) in [6.45, 7) is 0.239. The van der Waals surface area contributed by atoms with E-state index in [-0.39, 0.29) is 30.8 Å². The first-order chi connectivity index (χ1) is 14.5. The van der Waals surface area contributed by atoms with E-state index in [4.69, 9.17) is 9.25 Å². The monoisotopic (exact) mass is 414 g/mol. The molecule has 0 spiro atoms. The van der Waals surface area contributed by atoms with E-state index in [2.05, 4.69) is 5.16 Å². The molecular weight excluding hydrogens is 397 g/mol. The van der Waals surface area contributed by atoms with Gasteiger partial charge in [-0.25, -0.2) is 13.2 Å². The summed E-state index contributed by atoms with van der Waals surface area (Å²) in [5.41, 5.74) is 1.07. The lowest BCUT2D eigenvalue weighted by molar-refractivity contribution is 0.0387. The third-order valence-electron chi connectivity index (χ3n) is 4.68. The Bertz CT molecular complexity index is 1080. The minimum Gasteiger partial charge on any atom is -0.459 e. The van der Waals surface area contributed by atoms with Crippen LogP contribution < -0.4 is 0 Å². The van der Waals surface area contributed by atoms with Gasteiger partial charge in [0.25, 0.3) is 5.91 Å². The molecule has 1 amide bonds. The third kappa shape index (κ3) is 4.37. The van der Waals surface area contributed by atoms with E-state index in [0.717, 1.165) is 12.1 Å². The lowest BCUT2D eigenvalue weighted by atomic mass is 10.0. The first-order valence-corrected chi connectivity index (χ1v) is 9.25. The SMILES string of the molecule is O=C(c1ccco1)N(Cc1cccc(F)c1)CC1CC(c2ccc(F)cc2F)=NO1. The van der Waals surface area contributed by atoms with Gasteiger partial charge >= 0.3 is 0 Å². The van der Waals surface area contributed by atoms with Gasteiger partial charge in [-0.15, -0.1) is 0 Å². The molecule has 0 bridgehead atoms. The smallest absolute Gasteiger partial charge is 0.289 e. The van der Waals surface area contributed by atoms with E-state index >= 15 is 0 Å². The van der Waals surface area contributed by atoms with Crippen molar-refractivity contribution in [1.29, 1.82) is 0 Å². The van der Waals surface area contributed by atoms with E-state index in [1.165, 1.54) is 35.4 Å². The van der Waals surface area contributed by atoms with Gasteiger partial charge in [0.1, 0.15) is 17.5 Å². The number of carbonyl (C=O) groups is 1. The molecule has 0 radical (unpaired) electrons. The number of hydrogen-bond donors (Lipinski definition) is 0. The van der Waals surface area contributed by atoms with Gasteiger partial charge in [-0.1, -0.05) is 17.3 Å². The van der Waals surface area contributed by atoms with Crippen molar-refractivity contribution in [3.8, 4) is 0 Å². The van der Waals surface area contributed by atoms with Crippen LogP contribution in [-0.2, 0) is 11.4 Å². The Hall–Kier alpha value is -3.55. The average molecular weight is 414 g/mol. The predicted molar refractivity (Wildman–Crippen MR) is 102 cm³/mol. The Labute approximate surface area is 170 Å². The van der Waals surface area contributed by atoms with Gasteiger partial charge in [0.2, 0.25) is 0 Å². The van der Waals surface area contributed by atoms with Crippen LogP contribution in [0.3, 0.4) is 0 Å². The van der Waals surface area contributed by atoms with Crippen LogP contribution in [0.1, 0.15) is 28.1 Å². The molecule has 30 heavy (non-hydrogen) atoms. The van der Waals surface area contributed by atoms with E-state index in [9.17, 15) is 18.0 Å². The molecule has 1 atom stereocenters. The Morgan fingerprint density at radius 2 is 1.90 bits per heavy atom. The Kier molecular flexibility index (Phi) is 5.56. The minimum absolute atomic E-state index is 0.117. The number of hydrogen-bond acceptors (Lipinski definition) is 4. The summed E-state index contributed by atoms with van der Waals surface area (Å²) in [6, 6.07) is 12.3. The first kappa shape index (κ1) is 19.8. The highest BCUT2D eigenvalue weighted by molar-refractivity contribution is 6.01. The van der Waals surface area contributed by atoms with Gasteiger partial charge in [0.15, 0.2) is 11.9 Å². The van der Waals surface area contributed by atoms with Crippen LogP contribution in [0.25, 0.3) is 0 Å². The van der Waals surface area contributed by atoms with Crippen LogP contribution in [-0.4, -0.2) is 29.2 Å². The molecule has 2 aromatic carbocycles. The van der Waals surface area contributed by atoms with E-state index < -0.39 is 29.5 Å². The predicted octanol–water partition coefficient (Wildman–Crippen LogP) is 4.53. The summed E-state index contributed by atoms with van der Waals surface area (Å²) >= 11 is 0. The molecular formula is C22H17F3N2O3. The summed E-state index contributed by atoms with van der Waals surface area (Å²) in [7, 11) is 0. The molecule has 154 valence electrons. The van der Waals surface area contributed by atoms with E-state index in [1.807, 2.05) is 0 Å². The summed E-state index contributed by atoms with van der Waals surface area (Å²) in [5, 5.41) is 3.91. The van der Waals surface area contributed by atoms with E-state index in [1.54, 1.807) is 18.2 Å². The molecule has 0 N–H and O–H groups in total. The number of nitrogens with zero attached hydrogens (tertiary/aromatic N) is 2. The summed E-state index contributed by atoms with van der Waals surface area (Å²) in [4.78, 5) is 19.7. The van der Waals surface area contributed by atoms with Crippen molar-refractivity contribution >= 4 is 11.6 Å². The largest absolute Gasteiger partial charge is 0.459 e. The van der Waals surface area contributed by atoms with Crippen molar-refractivity contribution in [2.45, 2.75) is 19.1 Å². The number of furan rings is 1. The highest BCUT2D eigenvalue weighted by Gasteiger charge is 2.29. The minimum atomic E-state index is -0.735. The maximum absolute atomic E-state index is 14.0. The fraction of sp³-hybridized carbons (Fsp3) is 0.182. The topological polar surface area (TPSA) is 55.0 Å². The molecule has 5 nitrogen and oxygen atoms in total. The van der Waals surface area contributed by atoms with Crippen molar-refractivity contribution in [2.75, 3.05) is 6.54 Å². The normalized spacial score (nSPS) is 15.6. The second-order valence-electron chi connectivity index (χ2n) is 6.89. The van der Waals surface area contributed by atoms with Crippen LogP contribution in [0.5, 0.6) is 0 Å². The maximum atomic E-state index is 14.0. The Morgan fingerprint density at radius 3 is 2.63 bits per heavy atom. The molecule has 0 saturated carbocycles. The fourth-order valence-corrected chi connectivity index (χ4v) is 3.29. The zero-order valence-electron chi connectivity index (χ0n) is 15.7. The molecule has 2 heterocycles. The highest BCUT2D eigenvalue weighted by Crippen LogP contribution is 2.22. The first-order valence-electron chi connectivity index (χ1n) is 9.25. The molecule has 3 aromatic rings. The fourth-order valence-electron chi connectivity index (χ4n) is 3.29. The van der Waals surface area contributed by atoms with Crippen LogP contribution in [0, 0.1) is 17.5 Å². The second kappa shape index (κ2) is 8.44. The van der Waals surface area contributed by atoms with Gasteiger partial charge in [0, 0.05) is 24.6 Å². The van der Waals surface area contributed by atoms with Crippen LogP contribution in [0.4, 0.5) is 13.2 Å². The van der Waals surface area contributed by atoms with Crippen molar-refractivity contribution in [1.82, 2.24) is 4.90 Å². The number of halogens is 3.